The lowest BCUT2D eigenvalue weighted by molar-refractivity contribution is -0.143. The summed E-state index contributed by atoms with van der Waals surface area (Å²) in [7, 11) is 0. The van der Waals surface area contributed by atoms with E-state index in [0.717, 1.165) is 18.7 Å². The fourth-order valence-corrected chi connectivity index (χ4v) is 3.65. The molecule has 0 radical (unpaired) electrons. The van der Waals surface area contributed by atoms with Crippen molar-refractivity contribution < 1.29 is 9.90 Å². The summed E-state index contributed by atoms with van der Waals surface area (Å²) in [6, 6.07) is -0.00412. The lowest BCUT2D eigenvalue weighted by atomic mass is 10.2. The van der Waals surface area contributed by atoms with Gasteiger partial charge in [0.1, 0.15) is 6.04 Å². The number of hydrogen-bond acceptors (Lipinski definition) is 4. The quantitative estimate of drug-likeness (QED) is 0.651. The van der Waals surface area contributed by atoms with Crippen molar-refractivity contribution in [2.45, 2.75) is 23.8 Å². The Labute approximate surface area is 81.5 Å². The number of fused-ring (bicyclic) bond motifs is 2. The third kappa shape index (κ3) is 1.56. The average molecular weight is 202 g/mol. The predicted molar refractivity (Wildman–Crippen MR) is 51.8 cm³/mol. The molecule has 2 aliphatic heterocycles. The molecule has 2 rings (SSSR count). The van der Waals surface area contributed by atoms with Gasteiger partial charge in [-0.15, -0.1) is 0 Å². The van der Waals surface area contributed by atoms with Crippen LogP contribution in [0.3, 0.4) is 0 Å². The van der Waals surface area contributed by atoms with Crippen molar-refractivity contribution in [2.75, 3.05) is 18.8 Å². The SMILES string of the molecule is NCC(C(=O)O)N1CC2CC1CS2. The molecule has 0 saturated carbocycles. The molecule has 2 saturated heterocycles. The molecule has 3 atom stereocenters. The van der Waals surface area contributed by atoms with E-state index < -0.39 is 12.0 Å². The van der Waals surface area contributed by atoms with Crippen molar-refractivity contribution in [3.05, 3.63) is 0 Å². The molecule has 0 aromatic rings. The Morgan fingerprint density at radius 1 is 1.77 bits per heavy atom. The number of likely N-dealkylation sites (tertiary alicyclic amines) is 1. The smallest absolute Gasteiger partial charge is 0.322 e. The van der Waals surface area contributed by atoms with Crippen molar-refractivity contribution in [1.82, 2.24) is 4.90 Å². The first-order valence-corrected chi connectivity index (χ1v) is 5.57. The van der Waals surface area contributed by atoms with E-state index in [2.05, 4.69) is 4.90 Å². The number of carboxylic acids is 1. The topological polar surface area (TPSA) is 66.6 Å². The third-order valence-electron chi connectivity index (χ3n) is 2.85. The van der Waals surface area contributed by atoms with E-state index in [1.54, 1.807) is 0 Å². The van der Waals surface area contributed by atoms with Gasteiger partial charge in [0.15, 0.2) is 0 Å². The van der Waals surface area contributed by atoms with Crippen LogP contribution in [-0.2, 0) is 4.79 Å². The summed E-state index contributed by atoms with van der Waals surface area (Å²) < 4.78 is 0. The molecule has 5 heteroatoms. The number of rotatable bonds is 3. The Balaban J connectivity index is 2.04. The van der Waals surface area contributed by atoms with Gasteiger partial charge in [-0.2, -0.15) is 11.8 Å². The second-order valence-electron chi connectivity index (χ2n) is 3.63. The highest BCUT2D eigenvalue weighted by Gasteiger charge is 2.43. The molecule has 0 aliphatic carbocycles. The first-order chi connectivity index (χ1) is 6.22. The Hall–Kier alpha value is -0.260. The summed E-state index contributed by atoms with van der Waals surface area (Å²) in [4.78, 5) is 12.9. The molecule has 0 aromatic heterocycles. The van der Waals surface area contributed by atoms with Crippen LogP contribution in [0.4, 0.5) is 0 Å². The number of carbonyl (C=O) groups is 1. The van der Waals surface area contributed by atoms with Gasteiger partial charge in [0, 0.05) is 30.1 Å². The highest BCUT2D eigenvalue weighted by Crippen LogP contribution is 2.38. The predicted octanol–water partition coefficient (Wildman–Crippen LogP) is -0.412. The van der Waals surface area contributed by atoms with E-state index in [4.69, 9.17) is 10.8 Å². The van der Waals surface area contributed by atoms with Crippen molar-refractivity contribution in [2.24, 2.45) is 5.73 Å². The number of aliphatic carboxylic acids is 1. The summed E-state index contributed by atoms with van der Waals surface area (Å²) in [5.41, 5.74) is 5.46. The van der Waals surface area contributed by atoms with Gasteiger partial charge in [-0.1, -0.05) is 0 Å². The van der Waals surface area contributed by atoms with Crippen LogP contribution in [0.15, 0.2) is 0 Å². The van der Waals surface area contributed by atoms with Crippen molar-refractivity contribution >= 4 is 17.7 Å². The minimum absolute atomic E-state index is 0.225. The fraction of sp³-hybridized carbons (Fsp3) is 0.875. The standard InChI is InChI=1S/C8H14N2O2S/c9-2-7(8(11)12)10-3-6-1-5(10)4-13-6/h5-7H,1-4,9H2,(H,11,12). The molecule has 3 unspecified atom stereocenters. The zero-order valence-corrected chi connectivity index (χ0v) is 8.17. The molecule has 0 aromatic carbocycles. The summed E-state index contributed by atoms with van der Waals surface area (Å²) in [5.74, 6) is 0.300. The minimum atomic E-state index is -0.778. The number of nitrogens with zero attached hydrogens (tertiary/aromatic N) is 1. The molecule has 3 N–H and O–H groups in total. The Morgan fingerprint density at radius 3 is 2.92 bits per heavy atom. The molecule has 13 heavy (non-hydrogen) atoms. The third-order valence-corrected chi connectivity index (χ3v) is 4.24. The van der Waals surface area contributed by atoms with Crippen molar-refractivity contribution in [3.8, 4) is 0 Å². The minimum Gasteiger partial charge on any atom is -0.480 e. The van der Waals surface area contributed by atoms with Crippen LogP contribution >= 0.6 is 11.8 Å². The normalized spacial score (nSPS) is 35.2. The van der Waals surface area contributed by atoms with Crippen LogP contribution in [0.25, 0.3) is 0 Å². The zero-order valence-electron chi connectivity index (χ0n) is 7.35. The average Bonchev–Trinajstić information content (AvgIpc) is 2.65. The first kappa shape index (κ1) is 9.30. The second-order valence-corrected chi connectivity index (χ2v) is 4.96. The number of nitrogens with two attached hydrogens (primary N) is 1. The van der Waals surface area contributed by atoms with Gasteiger partial charge < -0.3 is 10.8 Å². The molecule has 2 fully saturated rings. The molecule has 4 nitrogen and oxygen atoms in total. The summed E-state index contributed by atoms with van der Waals surface area (Å²) >= 11 is 1.96. The van der Waals surface area contributed by atoms with Crippen molar-refractivity contribution in [1.29, 1.82) is 0 Å². The van der Waals surface area contributed by atoms with E-state index in [0.29, 0.717) is 11.3 Å². The van der Waals surface area contributed by atoms with Gasteiger partial charge in [-0.3, -0.25) is 9.69 Å². The van der Waals surface area contributed by atoms with Crippen LogP contribution in [-0.4, -0.2) is 52.2 Å². The highest BCUT2D eigenvalue weighted by atomic mass is 32.2. The van der Waals surface area contributed by atoms with Gasteiger partial charge in [-0.25, -0.2) is 0 Å². The van der Waals surface area contributed by atoms with Gasteiger partial charge in [0.25, 0.3) is 0 Å². The molecule has 0 amide bonds. The first-order valence-electron chi connectivity index (χ1n) is 4.52. The van der Waals surface area contributed by atoms with Crippen LogP contribution in [0.5, 0.6) is 0 Å². The van der Waals surface area contributed by atoms with Crippen LogP contribution in [0.2, 0.25) is 0 Å². The van der Waals surface area contributed by atoms with Crippen LogP contribution < -0.4 is 5.73 Å². The molecule has 2 bridgehead atoms. The maximum Gasteiger partial charge on any atom is 0.322 e. The summed E-state index contributed by atoms with van der Waals surface area (Å²) in [5, 5.41) is 9.58. The molecular formula is C8H14N2O2S. The van der Waals surface area contributed by atoms with E-state index in [9.17, 15) is 4.79 Å². The summed E-state index contributed by atoms with van der Waals surface area (Å²) in [6.45, 7) is 1.13. The molecule has 0 spiro atoms. The fourth-order valence-electron chi connectivity index (χ4n) is 2.19. The van der Waals surface area contributed by atoms with E-state index in [-0.39, 0.29) is 6.54 Å². The Kier molecular flexibility index (Phi) is 2.49. The number of thioether (sulfide) groups is 1. The summed E-state index contributed by atoms with van der Waals surface area (Å²) in [6.07, 6.45) is 1.15. The van der Waals surface area contributed by atoms with E-state index in [1.165, 1.54) is 0 Å². The van der Waals surface area contributed by atoms with Crippen LogP contribution in [0, 0.1) is 0 Å². The molecule has 74 valence electrons. The monoisotopic (exact) mass is 202 g/mol. The van der Waals surface area contributed by atoms with Crippen molar-refractivity contribution in [3.63, 3.8) is 0 Å². The number of carboxylic acid groups (broad SMARTS) is 1. The van der Waals surface area contributed by atoms with Gasteiger partial charge in [0.2, 0.25) is 0 Å². The lowest BCUT2D eigenvalue weighted by Gasteiger charge is -2.31. The van der Waals surface area contributed by atoms with Gasteiger partial charge in [0.05, 0.1) is 0 Å². The number of hydrogen-bond donors (Lipinski definition) is 2. The second kappa shape index (κ2) is 3.48. The maximum absolute atomic E-state index is 10.9. The Bertz CT molecular complexity index is 224. The Morgan fingerprint density at radius 2 is 2.54 bits per heavy atom. The maximum atomic E-state index is 10.9. The molecule has 2 aliphatic rings. The largest absolute Gasteiger partial charge is 0.480 e. The lowest BCUT2D eigenvalue weighted by Crippen LogP contribution is -2.50. The molecule has 2 heterocycles. The molecular weight excluding hydrogens is 188 g/mol. The van der Waals surface area contributed by atoms with Gasteiger partial charge >= 0.3 is 5.97 Å². The van der Waals surface area contributed by atoms with Crippen LogP contribution in [0.1, 0.15) is 6.42 Å². The van der Waals surface area contributed by atoms with E-state index in [1.807, 2.05) is 11.8 Å². The van der Waals surface area contributed by atoms with E-state index >= 15 is 0 Å². The highest BCUT2D eigenvalue weighted by molar-refractivity contribution is 8.00. The zero-order chi connectivity index (χ0) is 9.42. The van der Waals surface area contributed by atoms with Gasteiger partial charge in [-0.05, 0) is 6.42 Å².